The van der Waals surface area contributed by atoms with Crippen LogP contribution in [0.3, 0.4) is 0 Å². The summed E-state index contributed by atoms with van der Waals surface area (Å²) < 4.78 is 5.04. The Kier molecular flexibility index (Phi) is 7.06. The maximum absolute atomic E-state index is 12.4. The van der Waals surface area contributed by atoms with Crippen molar-refractivity contribution in [2.75, 3.05) is 26.8 Å². The minimum absolute atomic E-state index is 0.114. The molecule has 1 amide bonds. The van der Waals surface area contributed by atoms with Crippen LogP contribution in [0.5, 0.6) is 0 Å². The molecular formula is C18H28N4O2. The molecule has 1 aliphatic rings. The van der Waals surface area contributed by atoms with E-state index in [-0.39, 0.29) is 11.9 Å². The molecule has 6 nitrogen and oxygen atoms in total. The quantitative estimate of drug-likeness (QED) is 0.614. The molecule has 1 aliphatic heterocycles. The third-order valence-electron chi connectivity index (χ3n) is 4.09. The Morgan fingerprint density at radius 2 is 1.96 bits per heavy atom. The van der Waals surface area contributed by atoms with E-state index in [0.29, 0.717) is 19.1 Å². The average Bonchev–Trinajstić information content (AvgIpc) is 2.61. The lowest BCUT2D eigenvalue weighted by Crippen LogP contribution is -2.40. The summed E-state index contributed by atoms with van der Waals surface area (Å²) in [5.41, 5.74) is 7.61. The SMILES string of the molecule is COCC(C)NC(N)=NCc1ccc(C(=O)N2CCCCC2)cc1. The van der Waals surface area contributed by atoms with Gasteiger partial charge in [0.25, 0.3) is 5.91 Å². The Bertz CT molecular complexity index is 551. The van der Waals surface area contributed by atoms with E-state index in [1.165, 1.54) is 6.42 Å². The molecule has 0 aromatic heterocycles. The van der Waals surface area contributed by atoms with Crippen molar-refractivity contribution in [3.63, 3.8) is 0 Å². The second-order valence-corrected chi connectivity index (χ2v) is 6.25. The number of carbonyl (C=O) groups is 1. The summed E-state index contributed by atoms with van der Waals surface area (Å²) in [5.74, 6) is 0.521. The largest absolute Gasteiger partial charge is 0.383 e. The summed E-state index contributed by atoms with van der Waals surface area (Å²) in [6.45, 7) is 4.77. The van der Waals surface area contributed by atoms with Gasteiger partial charge >= 0.3 is 0 Å². The number of aliphatic imine (C=N–C) groups is 1. The predicted octanol–water partition coefficient (Wildman–Crippen LogP) is 1.75. The molecule has 0 spiro atoms. The van der Waals surface area contributed by atoms with Crippen molar-refractivity contribution >= 4 is 11.9 Å². The molecule has 2 rings (SSSR count). The second-order valence-electron chi connectivity index (χ2n) is 6.25. The van der Waals surface area contributed by atoms with Gasteiger partial charge in [0.1, 0.15) is 0 Å². The zero-order valence-electron chi connectivity index (χ0n) is 14.6. The first kappa shape index (κ1) is 18.3. The number of piperidine rings is 1. The van der Waals surface area contributed by atoms with E-state index in [9.17, 15) is 4.79 Å². The number of rotatable bonds is 6. The molecule has 1 saturated heterocycles. The van der Waals surface area contributed by atoms with Gasteiger partial charge in [0.05, 0.1) is 13.2 Å². The van der Waals surface area contributed by atoms with E-state index in [1.807, 2.05) is 36.1 Å². The lowest BCUT2D eigenvalue weighted by molar-refractivity contribution is 0.0724. The first-order valence-electron chi connectivity index (χ1n) is 8.53. The standard InChI is InChI=1S/C18H28N4O2/c1-14(13-24-2)21-18(19)20-12-15-6-8-16(9-7-15)17(23)22-10-4-3-5-11-22/h6-9,14H,3-5,10-13H2,1-2H3,(H3,19,20,21). The van der Waals surface area contributed by atoms with Gasteiger partial charge < -0.3 is 20.7 Å². The minimum atomic E-state index is 0.114. The van der Waals surface area contributed by atoms with E-state index >= 15 is 0 Å². The minimum Gasteiger partial charge on any atom is -0.383 e. The predicted molar refractivity (Wildman–Crippen MR) is 96.0 cm³/mol. The van der Waals surface area contributed by atoms with E-state index in [1.54, 1.807) is 7.11 Å². The first-order chi connectivity index (χ1) is 11.6. The number of carbonyl (C=O) groups excluding carboxylic acids is 1. The number of nitrogens with zero attached hydrogens (tertiary/aromatic N) is 2. The molecule has 0 saturated carbocycles. The number of methoxy groups -OCH3 is 1. The Morgan fingerprint density at radius 3 is 2.58 bits per heavy atom. The maximum Gasteiger partial charge on any atom is 0.253 e. The molecule has 132 valence electrons. The number of likely N-dealkylation sites (tertiary alicyclic amines) is 1. The molecule has 1 aromatic rings. The van der Waals surface area contributed by atoms with Crippen molar-refractivity contribution in [3.05, 3.63) is 35.4 Å². The number of nitrogens with one attached hydrogen (secondary N) is 1. The van der Waals surface area contributed by atoms with Gasteiger partial charge in [-0.2, -0.15) is 0 Å². The van der Waals surface area contributed by atoms with Crippen molar-refractivity contribution in [1.29, 1.82) is 0 Å². The maximum atomic E-state index is 12.4. The van der Waals surface area contributed by atoms with Crippen LogP contribution < -0.4 is 11.1 Å². The molecule has 0 aliphatic carbocycles. The summed E-state index contributed by atoms with van der Waals surface area (Å²) in [7, 11) is 1.65. The summed E-state index contributed by atoms with van der Waals surface area (Å²) >= 11 is 0. The van der Waals surface area contributed by atoms with Crippen LogP contribution in [0.2, 0.25) is 0 Å². The van der Waals surface area contributed by atoms with Gasteiger partial charge in [-0.15, -0.1) is 0 Å². The van der Waals surface area contributed by atoms with Gasteiger partial charge in [-0.3, -0.25) is 4.79 Å². The molecule has 6 heteroatoms. The van der Waals surface area contributed by atoms with Crippen molar-refractivity contribution in [1.82, 2.24) is 10.2 Å². The molecule has 1 aromatic carbocycles. The van der Waals surface area contributed by atoms with Crippen LogP contribution in [0.25, 0.3) is 0 Å². The zero-order valence-corrected chi connectivity index (χ0v) is 14.6. The summed E-state index contributed by atoms with van der Waals surface area (Å²) in [4.78, 5) is 18.7. The molecule has 3 N–H and O–H groups in total. The van der Waals surface area contributed by atoms with E-state index in [4.69, 9.17) is 10.5 Å². The Morgan fingerprint density at radius 1 is 1.29 bits per heavy atom. The van der Waals surface area contributed by atoms with Crippen LogP contribution in [-0.2, 0) is 11.3 Å². The normalized spacial score (nSPS) is 16.8. The lowest BCUT2D eigenvalue weighted by atomic mass is 10.1. The van der Waals surface area contributed by atoms with Crippen molar-refractivity contribution in [3.8, 4) is 0 Å². The fraction of sp³-hybridized carbons (Fsp3) is 0.556. The van der Waals surface area contributed by atoms with Gasteiger partial charge in [0.15, 0.2) is 5.96 Å². The number of amides is 1. The smallest absolute Gasteiger partial charge is 0.253 e. The van der Waals surface area contributed by atoms with Gasteiger partial charge in [-0.1, -0.05) is 12.1 Å². The van der Waals surface area contributed by atoms with E-state index in [0.717, 1.165) is 37.1 Å². The van der Waals surface area contributed by atoms with Crippen molar-refractivity contribution in [2.45, 2.75) is 38.8 Å². The van der Waals surface area contributed by atoms with Crippen LogP contribution in [0.15, 0.2) is 29.3 Å². The Hall–Kier alpha value is -2.08. The molecule has 1 atom stereocenters. The topological polar surface area (TPSA) is 80.0 Å². The second kappa shape index (κ2) is 9.27. The van der Waals surface area contributed by atoms with Crippen LogP contribution in [0.4, 0.5) is 0 Å². The van der Waals surface area contributed by atoms with Crippen LogP contribution in [-0.4, -0.2) is 49.6 Å². The third-order valence-corrected chi connectivity index (χ3v) is 4.09. The first-order valence-corrected chi connectivity index (χ1v) is 8.53. The van der Waals surface area contributed by atoms with E-state index < -0.39 is 0 Å². The Labute approximate surface area is 144 Å². The molecular weight excluding hydrogens is 304 g/mol. The number of ether oxygens (including phenoxy) is 1. The highest BCUT2D eigenvalue weighted by molar-refractivity contribution is 5.94. The fourth-order valence-corrected chi connectivity index (χ4v) is 2.80. The summed E-state index contributed by atoms with van der Waals surface area (Å²) in [6.07, 6.45) is 3.43. The highest BCUT2D eigenvalue weighted by Gasteiger charge is 2.17. The molecule has 1 heterocycles. The summed E-state index contributed by atoms with van der Waals surface area (Å²) in [5, 5.41) is 3.07. The van der Waals surface area contributed by atoms with Crippen molar-refractivity contribution < 1.29 is 9.53 Å². The number of hydrogen-bond donors (Lipinski definition) is 2. The highest BCUT2D eigenvalue weighted by Crippen LogP contribution is 2.14. The zero-order chi connectivity index (χ0) is 17.4. The summed E-state index contributed by atoms with van der Waals surface area (Å²) in [6, 6.07) is 7.74. The van der Waals surface area contributed by atoms with Gasteiger partial charge in [0.2, 0.25) is 0 Å². The molecule has 1 unspecified atom stereocenters. The average molecular weight is 332 g/mol. The van der Waals surface area contributed by atoms with Gasteiger partial charge in [-0.25, -0.2) is 4.99 Å². The van der Waals surface area contributed by atoms with Crippen LogP contribution in [0, 0.1) is 0 Å². The molecule has 24 heavy (non-hydrogen) atoms. The fourth-order valence-electron chi connectivity index (χ4n) is 2.80. The van der Waals surface area contributed by atoms with E-state index in [2.05, 4.69) is 10.3 Å². The monoisotopic (exact) mass is 332 g/mol. The Balaban J connectivity index is 1.88. The van der Waals surface area contributed by atoms with Gasteiger partial charge in [-0.05, 0) is 43.9 Å². The number of nitrogens with two attached hydrogens (primary N) is 1. The van der Waals surface area contributed by atoms with Crippen LogP contribution >= 0.6 is 0 Å². The number of benzene rings is 1. The van der Waals surface area contributed by atoms with Crippen molar-refractivity contribution in [2.24, 2.45) is 10.7 Å². The lowest BCUT2D eigenvalue weighted by Gasteiger charge is -2.26. The third kappa shape index (κ3) is 5.53. The molecule has 1 fully saturated rings. The molecule has 0 bridgehead atoms. The number of guanidine groups is 1. The highest BCUT2D eigenvalue weighted by atomic mass is 16.5. The van der Waals surface area contributed by atoms with Crippen LogP contribution in [0.1, 0.15) is 42.1 Å². The molecule has 0 radical (unpaired) electrons. The van der Waals surface area contributed by atoms with Gasteiger partial charge in [0, 0.05) is 31.8 Å². The number of hydrogen-bond acceptors (Lipinski definition) is 3.